The Hall–Kier alpha value is -3.40. The van der Waals surface area contributed by atoms with Gasteiger partial charge in [-0.25, -0.2) is 4.79 Å². The van der Waals surface area contributed by atoms with Gasteiger partial charge >= 0.3 is 11.7 Å². The van der Waals surface area contributed by atoms with E-state index in [1.807, 2.05) is 57.4 Å². The van der Waals surface area contributed by atoms with Crippen molar-refractivity contribution in [3.63, 3.8) is 0 Å². The minimum Gasteiger partial charge on any atom is -0.425 e. The highest BCUT2D eigenvalue weighted by Crippen LogP contribution is 2.26. The molecule has 0 aliphatic rings. The third-order valence-electron chi connectivity index (χ3n) is 5.80. The van der Waals surface area contributed by atoms with Crippen LogP contribution in [0.25, 0.3) is 11.2 Å². The molecule has 0 spiro atoms. The lowest BCUT2D eigenvalue weighted by Crippen LogP contribution is -2.40. The van der Waals surface area contributed by atoms with Crippen molar-refractivity contribution in [2.75, 3.05) is 20.7 Å². The van der Waals surface area contributed by atoms with Crippen molar-refractivity contribution in [1.29, 1.82) is 0 Å². The van der Waals surface area contributed by atoms with Gasteiger partial charge in [0.25, 0.3) is 5.56 Å². The summed E-state index contributed by atoms with van der Waals surface area (Å²) in [6, 6.07) is 15.2. The zero-order valence-corrected chi connectivity index (χ0v) is 21.4. The molecule has 0 aliphatic carbocycles. The van der Waals surface area contributed by atoms with Gasteiger partial charge in [0, 0.05) is 31.3 Å². The van der Waals surface area contributed by atoms with E-state index in [2.05, 4.69) is 9.88 Å². The zero-order chi connectivity index (χ0) is 25.8. The zero-order valence-electron chi connectivity index (χ0n) is 20.6. The van der Waals surface area contributed by atoms with Crippen LogP contribution in [-0.4, -0.2) is 49.4 Å². The number of nitrogens with zero attached hydrogens (tertiary/aromatic N) is 5. The number of ether oxygens (including phenoxy) is 1. The lowest BCUT2D eigenvalue weighted by Gasteiger charge is -2.13. The molecule has 0 aliphatic heterocycles. The van der Waals surface area contributed by atoms with Crippen LogP contribution in [0.2, 0.25) is 5.02 Å². The number of hydrogen-bond acceptors (Lipinski definition) is 6. The number of fused-ring (bicyclic) bond motifs is 1. The first kappa shape index (κ1) is 25.7. The van der Waals surface area contributed by atoms with Crippen LogP contribution in [0.5, 0.6) is 11.8 Å². The number of aliphatic hydroxyl groups excluding tert-OH is 1. The number of rotatable bonds is 10. The Morgan fingerprint density at radius 2 is 1.78 bits per heavy atom. The molecule has 0 saturated carbocycles. The average molecular weight is 512 g/mol. The summed E-state index contributed by atoms with van der Waals surface area (Å²) in [6.45, 7) is 3.16. The number of benzene rings is 2. The van der Waals surface area contributed by atoms with E-state index in [-0.39, 0.29) is 43.3 Å². The second kappa shape index (κ2) is 11.1. The minimum absolute atomic E-state index is 0.110. The van der Waals surface area contributed by atoms with Gasteiger partial charge in [0.1, 0.15) is 5.75 Å². The summed E-state index contributed by atoms with van der Waals surface area (Å²) in [5.74, 6) is 0.577. The van der Waals surface area contributed by atoms with Gasteiger partial charge in [-0.15, -0.1) is 0 Å². The molecule has 190 valence electrons. The fourth-order valence-electron chi connectivity index (χ4n) is 4.16. The van der Waals surface area contributed by atoms with Crippen LogP contribution in [0.3, 0.4) is 0 Å². The second-order valence-corrected chi connectivity index (χ2v) is 9.26. The third-order valence-corrected chi connectivity index (χ3v) is 6.05. The number of aliphatic hydroxyl groups is 1. The molecule has 10 heteroatoms. The molecule has 0 unspecified atom stereocenters. The van der Waals surface area contributed by atoms with Crippen LogP contribution in [0.4, 0.5) is 0 Å². The van der Waals surface area contributed by atoms with Crippen molar-refractivity contribution < 1.29 is 9.84 Å². The van der Waals surface area contributed by atoms with E-state index in [9.17, 15) is 14.7 Å². The SMILES string of the molecule is CCn1c(=O)n(CCCO)c(=O)c2c1nc(Oc1cccc(CN(C)C)c1)n2Cc1ccc(Cl)cc1. The molecule has 2 aromatic heterocycles. The highest BCUT2D eigenvalue weighted by molar-refractivity contribution is 6.30. The van der Waals surface area contributed by atoms with Crippen LogP contribution in [0.15, 0.2) is 58.1 Å². The lowest BCUT2D eigenvalue weighted by molar-refractivity contribution is 0.277. The van der Waals surface area contributed by atoms with Gasteiger partial charge < -0.3 is 14.7 Å². The molecule has 1 N–H and O–H groups in total. The molecule has 0 bridgehead atoms. The molecule has 9 nitrogen and oxygen atoms in total. The number of imidazole rings is 1. The van der Waals surface area contributed by atoms with Crippen molar-refractivity contribution in [1.82, 2.24) is 23.6 Å². The van der Waals surface area contributed by atoms with Crippen molar-refractivity contribution in [3.8, 4) is 11.8 Å². The lowest BCUT2D eigenvalue weighted by atomic mass is 10.2. The van der Waals surface area contributed by atoms with Gasteiger partial charge in [0.2, 0.25) is 0 Å². The Morgan fingerprint density at radius 3 is 2.44 bits per heavy atom. The van der Waals surface area contributed by atoms with E-state index < -0.39 is 11.2 Å². The molecular formula is C26H30ClN5O4. The summed E-state index contributed by atoms with van der Waals surface area (Å²) in [7, 11) is 3.98. The first-order chi connectivity index (χ1) is 17.3. The highest BCUT2D eigenvalue weighted by Gasteiger charge is 2.22. The molecule has 4 rings (SSSR count). The van der Waals surface area contributed by atoms with E-state index >= 15 is 0 Å². The van der Waals surface area contributed by atoms with Crippen LogP contribution < -0.4 is 16.0 Å². The number of aromatic nitrogens is 4. The van der Waals surface area contributed by atoms with Crippen molar-refractivity contribution >= 4 is 22.8 Å². The maximum absolute atomic E-state index is 13.6. The Labute approximate surface area is 213 Å². The van der Waals surface area contributed by atoms with Crippen molar-refractivity contribution in [2.45, 2.75) is 39.5 Å². The summed E-state index contributed by atoms with van der Waals surface area (Å²) < 4.78 is 10.5. The van der Waals surface area contributed by atoms with E-state index in [1.165, 1.54) is 4.57 Å². The third kappa shape index (κ3) is 5.38. The van der Waals surface area contributed by atoms with E-state index in [4.69, 9.17) is 16.3 Å². The minimum atomic E-state index is -0.467. The molecule has 36 heavy (non-hydrogen) atoms. The molecule has 2 heterocycles. The maximum Gasteiger partial charge on any atom is 0.332 e. The van der Waals surface area contributed by atoms with Gasteiger partial charge in [-0.1, -0.05) is 35.9 Å². The Kier molecular flexibility index (Phi) is 7.93. The van der Waals surface area contributed by atoms with Gasteiger partial charge in [-0.3, -0.25) is 18.5 Å². The topological polar surface area (TPSA) is 94.5 Å². The highest BCUT2D eigenvalue weighted by atomic mass is 35.5. The first-order valence-electron chi connectivity index (χ1n) is 11.8. The Morgan fingerprint density at radius 1 is 1.03 bits per heavy atom. The smallest absolute Gasteiger partial charge is 0.332 e. The average Bonchev–Trinajstić information content (AvgIpc) is 3.18. The van der Waals surface area contributed by atoms with E-state index in [1.54, 1.807) is 16.7 Å². The predicted octanol–water partition coefficient (Wildman–Crippen LogP) is 3.32. The van der Waals surface area contributed by atoms with Gasteiger partial charge in [0.05, 0.1) is 6.54 Å². The molecule has 0 fully saturated rings. The molecule has 0 amide bonds. The molecular weight excluding hydrogens is 482 g/mol. The van der Waals surface area contributed by atoms with Gasteiger partial charge in [0.15, 0.2) is 11.2 Å². The van der Waals surface area contributed by atoms with Gasteiger partial charge in [-0.2, -0.15) is 4.98 Å². The number of aryl methyl sites for hydroxylation is 1. The maximum atomic E-state index is 13.6. The Bertz CT molecular complexity index is 1470. The first-order valence-corrected chi connectivity index (χ1v) is 12.2. The summed E-state index contributed by atoms with van der Waals surface area (Å²) >= 11 is 6.07. The standard InChI is InChI=1S/C26H30ClN5O4/c1-4-30-23-22(24(34)31(26(30)35)13-6-14-33)32(17-18-9-11-20(27)12-10-18)25(28-23)36-21-8-5-7-19(15-21)16-29(2)3/h5,7-12,15,33H,4,6,13-14,16-17H2,1-3H3. The number of hydrogen-bond donors (Lipinski definition) is 1. The number of halogens is 1. The summed E-state index contributed by atoms with van der Waals surface area (Å²) in [5, 5.41) is 9.90. The summed E-state index contributed by atoms with van der Waals surface area (Å²) in [5.41, 5.74) is 1.56. The quantitative estimate of drug-likeness (QED) is 0.351. The monoisotopic (exact) mass is 511 g/mol. The summed E-state index contributed by atoms with van der Waals surface area (Å²) in [4.78, 5) is 33.3. The fraction of sp³-hybridized carbons (Fsp3) is 0.346. The predicted molar refractivity (Wildman–Crippen MR) is 140 cm³/mol. The molecule has 0 saturated heterocycles. The van der Waals surface area contributed by atoms with Crippen LogP contribution in [0.1, 0.15) is 24.5 Å². The van der Waals surface area contributed by atoms with Crippen LogP contribution in [0, 0.1) is 0 Å². The second-order valence-electron chi connectivity index (χ2n) is 8.83. The molecule has 0 radical (unpaired) electrons. The van der Waals surface area contributed by atoms with Crippen molar-refractivity contribution in [2.24, 2.45) is 0 Å². The Balaban J connectivity index is 1.91. The normalized spacial score (nSPS) is 11.5. The van der Waals surface area contributed by atoms with Crippen LogP contribution in [-0.2, 0) is 26.2 Å². The summed E-state index contributed by atoms with van der Waals surface area (Å²) in [6.07, 6.45) is 0.289. The molecule has 4 aromatic rings. The van der Waals surface area contributed by atoms with Crippen molar-refractivity contribution in [3.05, 3.63) is 85.5 Å². The van der Waals surface area contributed by atoms with E-state index in [0.29, 0.717) is 17.3 Å². The molecule has 2 aromatic carbocycles. The van der Waals surface area contributed by atoms with Crippen LogP contribution >= 0.6 is 11.6 Å². The van der Waals surface area contributed by atoms with E-state index in [0.717, 1.165) is 22.2 Å². The largest absolute Gasteiger partial charge is 0.425 e. The fourth-order valence-corrected chi connectivity index (χ4v) is 4.28. The molecule has 0 atom stereocenters. The van der Waals surface area contributed by atoms with Gasteiger partial charge in [-0.05, 0) is 62.8 Å².